The van der Waals surface area contributed by atoms with Crippen LogP contribution in [0.15, 0.2) is 84.9 Å². The summed E-state index contributed by atoms with van der Waals surface area (Å²) in [6, 6.07) is 25.4. The van der Waals surface area contributed by atoms with Gasteiger partial charge in [-0.2, -0.15) is 0 Å². The quantitative estimate of drug-likeness (QED) is 0.505. The lowest BCUT2D eigenvalue weighted by Gasteiger charge is -2.08. The molecule has 0 aromatic heterocycles. The second kappa shape index (κ2) is 11.3. The second-order valence-corrected chi connectivity index (χ2v) is 6.90. The van der Waals surface area contributed by atoms with Crippen LogP contribution < -0.4 is 10.6 Å². The van der Waals surface area contributed by atoms with Crippen LogP contribution in [0.5, 0.6) is 0 Å². The Morgan fingerprint density at radius 1 is 0.677 bits per heavy atom. The predicted octanol–water partition coefficient (Wildman–Crippen LogP) is 4.44. The maximum atomic E-state index is 12.2. The fourth-order valence-electron chi connectivity index (χ4n) is 2.87. The number of hydrogen-bond acceptors (Lipinski definition) is 4. The molecule has 31 heavy (non-hydrogen) atoms. The van der Waals surface area contributed by atoms with Gasteiger partial charge in [0.15, 0.2) is 0 Å². The highest BCUT2D eigenvalue weighted by molar-refractivity contribution is 6.04. The number of nitrogens with one attached hydrogen (secondary N) is 2. The van der Waals surface area contributed by atoms with Crippen LogP contribution in [0.4, 0.5) is 11.4 Å². The van der Waals surface area contributed by atoms with Crippen LogP contribution in [0.25, 0.3) is 0 Å². The molecule has 0 aliphatic rings. The van der Waals surface area contributed by atoms with Crippen molar-refractivity contribution in [3.63, 3.8) is 0 Å². The van der Waals surface area contributed by atoms with Crippen molar-refractivity contribution in [2.45, 2.75) is 19.3 Å². The molecular formula is C25H24N2O4. The van der Waals surface area contributed by atoms with Crippen molar-refractivity contribution in [1.82, 2.24) is 0 Å². The molecule has 6 heteroatoms. The number of anilines is 2. The van der Waals surface area contributed by atoms with Gasteiger partial charge >= 0.3 is 5.97 Å². The summed E-state index contributed by atoms with van der Waals surface area (Å²) in [5.74, 6) is -0.880. The van der Waals surface area contributed by atoms with Gasteiger partial charge in [0, 0.05) is 29.8 Å². The SMILES string of the molecule is O=C(CCC(=O)OCCc1ccccc1)Nc1ccc(NC(=O)c2ccccc2)cc1. The first-order valence-electron chi connectivity index (χ1n) is 10.1. The largest absolute Gasteiger partial charge is 0.465 e. The number of benzene rings is 3. The zero-order valence-corrected chi connectivity index (χ0v) is 17.0. The van der Waals surface area contributed by atoms with Gasteiger partial charge in [-0.3, -0.25) is 14.4 Å². The van der Waals surface area contributed by atoms with E-state index in [2.05, 4.69) is 10.6 Å². The Balaban J connectivity index is 1.37. The van der Waals surface area contributed by atoms with E-state index < -0.39 is 5.97 Å². The van der Waals surface area contributed by atoms with Gasteiger partial charge in [-0.1, -0.05) is 48.5 Å². The Hall–Kier alpha value is -3.93. The van der Waals surface area contributed by atoms with Gasteiger partial charge in [-0.05, 0) is 42.0 Å². The Morgan fingerprint density at radius 3 is 1.90 bits per heavy atom. The van der Waals surface area contributed by atoms with Gasteiger partial charge in [-0.15, -0.1) is 0 Å². The van der Waals surface area contributed by atoms with E-state index in [4.69, 9.17) is 4.74 Å². The zero-order chi connectivity index (χ0) is 21.9. The maximum absolute atomic E-state index is 12.2. The highest BCUT2D eigenvalue weighted by Gasteiger charge is 2.09. The molecule has 3 rings (SSSR count). The third-order valence-electron chi connectivity index (χ3n) is 4.52. The van der Waals surface area contributed by atoms with Gasteiger partial charge in [0.1, 0.15) is 0 Å². The van der Waals surface area contributed by atoms with E-state index in [9.17, 15) is 14.4 Å². The van der Waals surface area contributed by atoms with Crippen LogP contribution in [0.2, 0.25) is 0 Å². The summed E-state index contributed by atoms with van der Waals surface area (Å²) in [6.07, 6.45) is 0.703. The molecule has 0 unspecified atom stereocenters. The molecule has 0 radical (unpaired) electrons. The van der Waals surface area contributed by atoms with Crippen molar-refractivity contribution in [3.8, 4) is 0 Å². The molecule has 0 spiro atoms. The van der Waals surface area contributed by atoms with E-state index in [1.807, 2.05) is 36.4 Å². The number of carbonyl (C=O) groups is 3. The molecule has 3 aromatic rings. The molecule has 3 aromatic carbocycles. The van der Waals surface area contributed by atoms with Crippen LogP contribution in [-0.2, 0) is 20.7 Å². The molecule has 0 aliphatic heterocycles. The Labute approximate surface area is 181 Å². The van der Waals surface area contributed by atoms with Crippen LogP contribution >= 0.6 is 0 Å². The van der Waals surface area contributed by atoms with Crippen LogP contribution in [0.3, 0.4) is 0 Å². The summed E-state index contributed by atoms with van der Waals surface area (Å²) in [4.78, 5) is 36.0. The van der Waals surface area contributed by atoms with E-state index >= 15 is 0 Å². The lowest BCUT2D eigenvalue weighted by Crippen LogP contribution is -2.15. The van der Waals surface area contributed by atoms with Gasteiger partial charge in [0.25, 0.3) is 5.91 Å². The molecule has 0 fully saturated rings. The molecule has 0 saturated carbocycles. The summed E-state index contributed by atoms with van der Waals surface area (Å²) < 4.78 is 5.18. The average Bonchev–Trinajstić information content (AvgIpc) is 2.80. The monoisotopic (exact) mass is 416 g/mol. The average molecular weight is 416 g/mol. The van der Waals surface area contributed by atoms with Gasteiger partial charge in [-0.25, -0.2) is 0 Å². The molecule has 0 aliphatic carbocycles. The smallest absolute Gasteiger partial charge is 0.306 e. The number of hydrogen-bond donors (Lipinski definition) is 2. The zero-order valence-electron chi connectivity index (χ0n) is 17.0. The van der Waals surface area contributed by atoms with E-state index in [0.29, 0.717) is 30.0 Å². The molecule has 0 heterocycles. The summed E-state index contributed by atoms with van der Waals surface area (Å²) in [5.41, 5.74) is 2.86. The molecule has 0 atom stereocenters. The predicted molar refractivity (Wildman–Crippen MR) is 120 cm³/mol. The minimum atomic E-state index is -0.398. The molecule has 0 bridgehead atoms. The Bertz CT molecular complexity index is 1000. The maximum Gasteiger partial charge on any atom is 0.306 e. The first-order chi connectivity index (χ1) is 15.1. The minimum Gasteiger partial charge on any atom is -0.465 e. The molecular weight excluding hydrogens is 392 g/mol. The third-order valence-corrected chi connectivity index (χ3v) is 4.52. The molecule has 158 valence electrons. The van der Waals surface area contributed by atoms with E-state index in [0.717, 1.165) is 5.56 Å². The van der Waals surface area contributed by atoms with Crippen molar-refractivity contribution in [2.75, 3.05) is 17.2 Å². The second-order valence-electron chi connectivity index (χ2n) is 6.90. The summed E-state index contributed by atoms with van der Waals surface area (Å²) in [5, 5.41) is 5.53. The minimum absolute atomic E-state index is 0.0197. The van der Waals surface area contributed by atoms with Crippen LogP contribution in [-0.4, -0.2) is 24.4 Å². The normalized spacial score (nSPS) is 10.2. The fourth-order valence-corrected chi connectivity index (χ4v) is 2.87. The topological polar surface area (TPSA) is 84.5 Å². The van der Waals surface area contributed by atoms with Gasteiger partial charge in [0.2, 0.25) is 5.91 Å². The van der Waals surface area contributed by atoms with Crippen molar-refractivity contribution >= 4 is 29.2 Å². The first kappa shape index (κ1) is 21.8. The molecule has 2 amide bonds. The summed E-state index contributed by atoms with van der Waals surface area (Å²) in [7, 11) is 0. The number of ether oxygens (including phenoxy) is 1. The van der Waals surface area contributed by atoms with E-state index in [-0.39, 0.29) is 24.7 Å². The van der Waals surface area contributed by atoms with Crippen LogP contribution in [0.1, 0.15) is 28.8 Å². The lowest BCUT2D eigenvalue weighted by atomic mass is 10.2. The van der Waals surface area contributed by atoms with Crippen molar-refractivity contribution < 1.29 is 19.1 Å². The van der Waals surface area contributed by atoms with Crippen molar-refractivity contribution in [2.24, 2.45) is 0 Å². The lowest BCUT2D eigenvalue weighted by molar-refractivity contribution is -0.144. The number of esters is 1. The highest BCUT2D eigenvalue weighted by atomic mass is 16.5. The van der Waals surface area contributed by atoms with E-state index in [1.165, 1.54) is 0 Å². The van der Waals surface area contributed by atoms with Gasteiger partial charge in [0.05, 0.1) is 13.0 Å². The number of amides is 2. The van der Waals surface area contributed by atoms with Crippen molar-refractivity contribution in [1.29, 1.82) is 0 Å². The number of carbonyl (C=O) groups excluding carboxylic acids is 3. The van der Waals surface area contributed by atoms with Crippen molar-refractivity contribution in [3.05, 3.63) is 96.1 Å². The Morgan fingerprint density at radius 2 is 1.26 bits per heavy atom. The summed E-state index contributed by atoms with van der Waals surface area (Å²) in [6.45, 7) is 0.292. The first-order valence-corrected chi connectivity index (χ1v) is 10.1. The number of rotatable bonds is 9. The highest BCUT2D eigenvalue weighted by Crippen LogP contribution is 2.15. The van der Waals surface area contributed by atoms with Gasteiger partial charge < -0.3 is 15.4 Å². The van der Waals surface area contributed by atoms with E-state index in [1.54, 1.807) is 48.5 Å². The van der Waals surface area contributed by atoms with Crippen LogP contribution in [0, 0.1) is 0 Å². The standard InChI is InChI=1S/C25H24N2O4/c28-23(15-16-24(29)31-18-17-19-7-3-1-4-8-19)26-21-11-13-22(14-12-21)27-25(30)20-9-5-2-6-10-20/h1-14H,15-18H2,(H,26,28)(H,27,30). The molecule has 2 N–H and O–H groups in total. The third kappa shape index (κ3) is 7.44. The molecule has 0 saturated heterocycles. The Kier molecular flexibility index (Phi) is 7.94. The molecule has 6 nitrogen and oxygen atoms in total. The fraction of sp³-hybridized carbons (Fsp3) is 0.160. The summed E-state index contributed by atoms with van der Waals surface area (Å²) >= 11 is 0.